The fourth-order valence-corrected chi connectivity index (χ4v) is 4.20. The van der Waals surface area contributed by atoms with Crippen molar-refractivity contribution in [3.63, 3.8) is 0 Å². The van der Waals surface area contributed by atoms with Crippen molar-refractivity contribution in [2.75, 3.05) is 33.8 Å². The Hall–Kier alpha value is -4.27. The number of nitrogens with one attached hydrogen (secondary N) is 1. The fourth-order valence-electron chi connectivity index (χ4n) is 4.20. The average Bonchev–Trinajstić information content (AvgIpc) is 3.24. The molecule has 0 radical (unpaired) electrons. The third kappa shape index (κ3) is 5.61. The van der Waals surface area contributed by atoms with Crippen molar-refractivity contribution in [2.24, 2.45) is 7.05 Å². The molecule has 2 aromatic carbocycles. The highest BCUT2D eigenvalue weighted by atomic mass is 16.5. The summed E-state index contributed by atoms with van der Waals surface area (Å²) in [6.45, 7) is 2.71. The van der Waals surface area contributed by atoms with Crippen LogP contribution in [0.1, 0.15) is 36.0 Å². The van der Waals surface area contributed by atoms with Gasteiger partial charge in [-0.05, 0) is 47.9 Å². The summed E-state index contributed by atoms with van der Waals surface area (Å²) in [7, 11) is 8.37. The van der Waals surface area contributed by atoms with Gasteiger partial charge in [-0.1, -0.05) is 31.6 Å². The van der Waals surface area contributed by atoms with Crippen molar-refractivity contribution < 1.29 is 18.9 Å². The minimum absolute atomic E-state index is 0.545. The van der Waals surface area contributed by atoms with E-state index in [1.165, 1.54) is 0 Å². The molecule has 0 aliphatic rings. The summed E-state index contributed by atoms with van der Waals surface area (Å²) in [5, 5.41) is 8.21. The van der Waals surface area contributed by atoms with Crippen molar-refractivity contribution in [3.8, 4) is 23.0 Å². The van der Waals surface area contributed by atoms with Crippen LogP contribution in [0.4, 0.5) is 5.82 Å². The standard InChI is InChI=1S/C28H33N5O4/c1-7-9-21-25-26(33(2)32-21)28(29-17-19-10-8-11-20(14-19)34-3)31-24(30-25)13-12-18-15-22(35-4)27(37-6)23(16-18)36-5/h8,10-16H,7,9,17H2,1-6H3,(H,29,30,31). The third-order valence-corrected chi connectivity index (χ3v) is 5.96. The maximum absolute atomic E-state index is 5.48. The van der Waals surface area contributed by atoms with Crippen LogP contribution >= 0.6 is 0 Å². The van der Waals surface area contributed by atoms with E-state index >= 15 is 0 Å². The summed E-state index contributed by atoms with van der Waals surface area (Å²) in [5.74, 6) is 3.80. The molecular weight excluding hydrogens is 470 g/mol. The van der Waals surface area contributed by atoms with Gasteiger partial charge in [0.05, 0.1) is 34.1 Å². The number of benzene rings is 2. The van der Waals surface area contributed by atoms with E-state index in [0.717, 1.165) is 52.3 Å². The fraction of sp³-hybridized carbons (Fsp3) is 0.321. The lowest BCUT2D eigenvalue weighted by atomic mass is 10.1. The zero-order valence-corrected chi connectivity index (χ0v) is 22.2. The smallest absolute Gasteiger partial charge is 0.203 e. The number of nitrogens with zero attached hydrogens (tertiary/aromatic N) is 4. The van der Waals surface area contributed by atoms with E-state index in [9.17, 15) is 0 Å². The SMILES string of the molecule is CCCc1nn(C)c2c(NCc3cccc(OC)c3)nc(C=Cc3cc(OC)c(OC)c(OC)c3)nc12. The summed E-state index contributed by atoms with van der Waals surface area (Å²) in [4.78, 5) is 9.70. The highest BCUT2D eigenvalue weighted by Crippen LogP contribution is 2.38. The maximum Gasteiger partial charge on any atom is 0.203 e. The minimum Gasteiger partial charge on any atom is -0.497 e. The Morgan fingerprint density at radius 2 is 1.68 bits per heavy atom. The van der Waals surface area contributed by atoms with Crippen molar-refractivity contribution in [1.82, 2.24) is 19.7 Å². The number of hydrogen-bond acceptors (Lipinski definition) is 8. The lowest BCUT2D eigenvalue weighted by Gasteiger charge is -2.13. The van der Waals surface area contributed by atoms with E-state index in [2.05, 4.69) is 12.2 Å². The van der Waals surface area contributed by atoms with Crippen molar-refractivity contribution in [1.29, 1.82) is 0 Å². The summed E-state index contributed by atoms with van der Waals surface area (Å²) in [6, 6.07) is 11.7. The van der Waals surface area contributed by atoms with E-state index in [1.54, 1.807) is 28.4 Å². The van der Waals surface area contributed by atoms with Gasteiger partial charge in [-0.3, -0.25) is 4.68 Å². The number of fused-ring (bicyclic) bond motifs is 1. The minimum atomic E-state index is 0.545. The molecular formula is C28H33N5O4. The molecule has 0 saturated carbocycles. The number of methoxy groups -OCH3 is 4. The Bertz CT molecular complexity index is 1390. The zero-order valence-electron chi connectivity index (χ0n) is 22.2. The molecule has 37 heavy (non-hydrogen) atoms. The predicted molar refractivity (Wildman–Crippen MR) is 146 cm³/mol. The number of aryl methyl sites for hydroxylation is 2. The average molecular weight is 504 g/mol. The molecule has 0 fully saturated rings. The van der Waals surface area contributed by atoms with Gasteiger partial charge in [-0.15, -0.1) is 0 Å². The van der Waals surface area contributed by atoms with Gasteiger partial charge in [0.1, 0.15) is 16.8 Å². The van der Waals surface area contributed by atoms with Gasteiger partial charge >= 0.3 is 0 Å². The third-order valence-electron chi connectivity index (χ3n) is 5.96. The van der Waals surface area contributed by atoms with E-state index in [0.29, 0.717) is 29.6 Å². The molecule has 0 atom stereocenters. The highest BCUT2D eigenvalue weighted by Gasteiger charge is 2.17. The number of hydrogen-bond donors (Lipinski definition) is 1. The summed E-state index contributed by atoms with van der Waals surface area (Å²) < 4.78 is 23.6. The normalized spacial score (nSPS) is 11.2. The molecule has 0 amide bonds. The van der Waals surface area contributed by atoms with Gasteiger partial charge in [0.15, 0.2) is 23.1 Å². The van der Waals surface area contributed by atoms with Crippen LogP contribution in [0.25, 0.3) is 23.2 Å². The number of anilines is 1. The summed E-state index contributed by atoms with van der Waals surface area (Å²) in [6.07, 6.45) is 5.60. The molecule has 2 aromatic heterocycles. The van der Waals surface area contributed by atoms with Crippen LogP contribution in [0.15, 0.2) is 36.4 Å². The van der Waals surface area contributed by atoms with E-state index in [1.807, 2.05) is 60.3 Å². The molecule has 0 aliphatic heterocycles. The Labute approximate surface area is 217 Å². The molecule has 9 heteroatoms. The monoisotopic (exact) mass is 503 g/mol. The number of ether oxygens (including phenoxy) is 4. The first-order chi connectivity index (χ1) is 18.0. The van der Waals surface area contributed by atoms with Crippen LogP contribution < -0.4 is 24.3 Å². The Balaban J connectivity index is 1.73. The number of rotatable bonds is 11. The summed E-state index contributed by atoms with van der Waals surface area (Å²) in [5.41, 5.74) is 4.61. The topological polar surface area (TPSA) is 92.6 Å². The molecule has 0 bridgehead atoms. The Morgan fingerprint density at radius 3 is 2.32 bits per heavy atom. The Morgan fingerprint density at radius 1 is 0.919 bits per heavy atom. The van der Waals surface area contributed by atoms with Crippen molar-refractivity contribution in [3.05, 3.63) is 59.0 Å². The molecule has 0 unspecified atom stereocenters. The van der Waals surface area contributed by atoms with Gasteiger partial charge in [-0.25, -0.2) is 9.97 Å². The van der Waals surface area contributed by atoms with Crippen LogP contribution in [0, 0.1) is 0 Å². The first kappa shape index (κ1) is 25.8. The number of aromatic nitrogens is 4. The quantitative estimate of drug-likeness (QED) is 0.301. The van der Waals surface area contributed by atoms with E-state index in [-0.39, 0.29) is 0 Å². The van der Waals surface area contributed by atoms with Crippen LogP contribution in [0.5, 0.6) is 23.0 Å². The van der Waals surface area contributed by atoms with Gasteiger partial charge in [-0.2, -0.15) is 5.10 Å². The molecule has 1 N–H and O–H groups in total. The van der Waals surface area contributed by atoms with Crippen LogP contribution in [-0.2, 0) is 20.0 Å². The van der Waals surface area contributed by atoms with Crippen LogP contribution in [0.2, 0.25) is 0 Å². The zero-order chi connectivity index (χ0) is 26.4. The molecule has 2 heterocycles. The molecule has 4 aromatic rings. The second-order valence-electron chi connectivity index (χ2n) is 8.45. The molecule has 4 rings (SSSR count). The molecule has 9 nitrogen and oxygen atoms in total. The molecule has 0 spiro atoms. The van der Waals surface area contributed by atoms with E-state index < -0.39 is 0 Å². The predicted octanol–water partition coefficient (Wildman–Crippen LogP) is 5.13. The second kappa shape index (κ2) is 11.6. The van der Waals surface area contributed by atoms with Crippen molar-refractivity contribution in [2.45, 2.75) is 26.3 Å². The van der Waals surface area contributed by atoms with Gasteiger partial charge in [0, 0.05) is 13.6 Å². The Kier molecular flexibility index (Phi) is 8.12. The highest BCUT2D eigenvalue weighted by molar-refractivity contribution is 5.89. The van der Waals surface area contributed by atoms with Crippen LogP contribution in [-0.4, -0.2) is 48.2 Å². The summed E-state index contributed by atoms with van der Waals surface area (Å²) >= 11 is 0. The van der Waals surface area contributed by atoms with Gasteiger partial charge in [0.2, 0.25) is 5.75 Å². The lowest BCUT2D eigenvalue weighted by Crippen LogP contribution is -2.06. The first-order valence-electron chi connectivity index (χ1n) is 12.1. The lowest BCUT2D eigenvalue weighted by molar-refractivity contribution is 0.324. The van der Waals surface area contributed by atoms with Gasteiger partial charge in [0.25, 0.3) is 0 Å². The van der Waals surface area contributed by atoms with Gasteiger partial charge < -0.3 is 24.3 Å². The molecule has 0 saturated heterocycles. The molecule has 0 aliphatic carbocycles. The second-order valence-corrected chi connectivity index (χ2v) is 8.45. The first-order valence-corrected chi connectivity index (χ1v) is 12.1. The van der Waals surface area contributed by atoms with Crippen LogP contribution in [0.3, 0.4) is 0 Å². The van der Waals surface area contributed by atoms with Crippen molar-refractivity contribution >= 4 is 29.0 Å². The van der Waals surface area contributed by atoms with E-state index in [4.69, 9.17) is 34.0 Å². The maximum atomic E-state index is 5.48. The molecule has 194 valence electrons. The largest absolute Gasteiger partial charge is 0.497 e.